The van der Waals surface area contributed by atoms with Gasteiger partial charge in [0.2, 0.25) is 0 Å². The Labute approximate surface area is 123 Å². The largest absolute Gasteiger partial charge is 0.329 e. The van der Waals surface area contributed by atoms with Gasteiger partial charge in [-0.05, 0) is 18.2 Å². The van der Waals surface area contributed by atoms with Gasteiger partial charge in [0.15, 0.2) is 5.69 Å². The fraction of sp³-hybridized carbons (Fsp3) is 0.154. The van der Waals surface area contributed by atoms with Gasteiger partial charge in [-0.15, -0.1) is 6.58 Å². The molecule has 0 aliphatic carbocycles. The second-order valence-electron chi connectivity index (χ2n) is 4.07. The molecule has 0 fully saturated rings. The van der Waals surface area contributed by atoms with Gasteiger partial charge in [0.1, 0.15) is 5.82 Å². The van der Waals surface area contributed by atoms with Crippen molar-refractivity contribution in [3.05, 3.63) is 58.6 Å². The highest BCUT2D eigenvalue weighted by Crippen LogP contribution is 2.18. The van der Waals surface area contributed by atoms with Crippen molar-refractivity contribution in [2.24, 2.45) is 0 Å². The standard InChI is InChI=1S/C13H12BrFN4O/c1-2-5-19(13(20)12-7-16-18-17-12)8-9-6-10(14)3-4-11(9)15/h2-4,6-7H,1,5,8H2,(H,16,17,18). The number of hydrogen-bond acceptors (Lipinski definition) is 3. The number of nitrogens with one attached hydrogen (secondary N) is 1. The third-order valence-corrected chi connectivity index (χ3v) is 3.13. The number of benzene rings is 1. The van der Waals surface area contributed by atoms with E-state index in [0.717, 1.165) is 4.47 Å². The maximum absolute atomic E-state index is 13.8. The third kappa shape index (κ3) is 3.30. The molecule has 0 bridgehead atoms. The third-order valence-electron chi connectivity index (χ3n) is 2.64. The van der Waals surface area contributed by atoms with Gasteiger partial charge in [0, 0.05) is 23.1 Å². The Morgan fingerprint density at radius 3 is 3.00 bits per heavy atom. The number of H-pyrrole nitrogens is 1. The molecule has 0 saturated carbocycles. The first-order valence-corrected chi connectivity index (χ1v) is 6.61. The molecule has 0 unspecified atom stereocenters. The number of carbonyl (C=O) groups is 1. The summed E-state index contributed by atoms with van der Waals surface area (Å²) in [6, 6.07) is 4.60. The molecule has 1 N–H and O–H groups in total. The molecule has 1 aromatic carbocycles. The average Bonchev–Trinajstić information content (AvgIpc) is 2.95. The Hall–Kier alpha value is -2.02. The molecular weight excluding hydrogens is 327 g/mol. The summed E-state index contributed by atoms with van der Waals surface area (Å²) < 4.78 is 14.5. The van der Waals surface area contributed by atoms with Gasteiger partial charge in [-0.2, -0.15) is 15.4 Å². The zero-order valence-electron chi connectivity index (χ0n) is 10.5. The zero-order valence-corrected chi connectivity index (χ0v) is 12.1. The summed E-state index contributed by atoms with van der Waals surface area (Å²) in [6.07, 6.45) is 2.91. The van der Waals surface area contributed by atoms with Gasteiger partial charge >= 0.3 is 0 Å². The molecule has 5 nitrogen and oxygen atoms in total. The maximum atomic E-state index is 13.8. The summed E-state index contributed by atoms with van der Waals surface area (Å²) in [5.41, 5.74) is 0.598. The van der Waals surface area contributed by atoms with Crippen molar-refractivity contribution in [1.82, 2.24) is 20.3 Å². The van der Waals surface area contributed by atoms with Crippen LogP contribution in [0.2, 0.25) is 0 Å². The second kappa shape index (κ2) is 6.42. The Balaban J connectivity index is 2.23. The fourth-order valence-corrected chi connectivity index (χ4v) is 2.12. The molecular formula is C13H12BrFN4O. The highest BCUT2D eigenvalue weighted by Gasteiger charge is 2.18. The number of amides is 1. The first-order chi connectivity index (χ1) is 9.61. The van der Waals surface area contributed by atoms with Crippen LogP contribution in [-0.2, 0) is 6.54 Å². The van der Waals surface area contributed by atoms with Crippen molar-refractivity contribution >= 4 is 21.8 Å². The van der Waals surface area contributed by atoms with Crippen LogP contribution in [-0.4, -0.2) is 32.8 Å². The van der Waals surface area contributed by atoms with Crippen molar-refractivity contribution in [3.63, 3.8) is 0 Å². The van der Waals surface area contributed by atoms with E-state index >= 15 is 0 Å². The summed E-state index contributed by atoms with van der Waals surface area (Å²) >= 11 is 3.28. The predicted octanol–water partition coefficient (Wildman–Crippen LogP) is 2.53. The van der Waals surface area contributed by atoms with Crippen molar-refractivity contribution in [3.8, 4) is 0 Å². The normalized spacial score (nSPS) is 10.3. The molecule has 0 atom stereocenters. The van der Waals surface area contributed by atoms with Crippen molar-refractivity contribution in [2.75, 3.05) is 6.54 Å². The monoisotopic (exact) mass is 338 g/mol. The number of aromatic amines is 1. The van der Waals surface area contributed by atoms with Crippen molar-refractivity contribution in [1.29, 1.82) is 0 Å². The fourth-order valence-electron chi connectivity index (χ4n) is 1.71. The predicted molar refractivity (Wildman–Crippen MR) is 75.4 cm³/mol. The van der Waals surface area contributed by atoms with Crippen LogP contribution in [0.4, 0.5) is 4.39 Å². The molecule has 0 aliphatic heterocycles. The second-order valence-corrected chi connectivity index (χ2v) is 4.98. The molecule has 7 heteroatoms. The minimum absolute atomic E-state index is 0.128. The highest BCUT2D eigenvalue weighted by atomic mass is 79.9. The molecule has 0 aliphatic rings. The van der Waals surface area contributed by atoms with E-state index in [1.165, 1.54) is 17.2 Å². The number of hydrogen-bond donors (Lipinski definition) is 1. The number of halogens is 2. The zero-order chi connectivity index (χ0) is 14.5. The summed E-state index contributed by atoms with van der Waals surface area (Å²) in [6.45, 7) is 4.02. The molecule has 2 rings (SSSR count). The molecule has 0 saturated heterocycles. The van der Waals surface area contributed by atoms with Gasteiger partial charge in [-0.3, -0.25) is 4.79 Å². The summed E-state index contributed by atoms with van der Waals surface area (Å²) in [4.78, 5) is 13.7. The molecule has 1 amide bonds. The topological polar surface area (TPSA) is 61.9 Å². The Bertz CT molecular complexity index is 615. The number of nitrogens with zero attached hydrogens (tertiary/aromatic N) is 3. The Kier molecular flexibility index (Phi) is 4.62. The summed E-state index contributed by atoms with van der Waals surface area (Å²) in [7, 11) is 0. The number of aromatic nitrogens is 3. The van der Waals surface area contributed by atoms with Crippen molar-refractivity contribution in [2.45, 2.75) is 6.54 Å². The number of carbonyl (C=O) groups excluding carboxylic acids is 1. The molecule has 0 radical (unpaired) electrons. The van der Waals surface area contributed by atoms with E-state index < -0.39 is 0 Å². The van der Waals surface area contributed by atoms with Crippen LogP contribution in [0.1, 0.15) is 16.1 Å². The molecule has 104 valence electrons. The van der Waals surface area contributed by atoms with E-state index in [1.807, 2.05) is 0 Å². The van der Waals surface area contributed by atoms with Gasteiger partial charge in [0.05, 0.1) is 6.20 Å². The van der Waals surface area contributed by atoms with Crippen LogP contribution in [0.3, 0.4) is 0 Å². The lowest BCUT2D eigenvalue weighted by atomic mass is 10.2. The lowest BCUT2D eigenvalue weighted by Crippen LogP contribution is -2.31. The first-order valence-electron chi connectivity index (χ1n) is 5.81. The van der Waals surface area contributed by atoms with Gasteiger partial charge in [-0.1, -0.05) is 22.0 Å². The lowest BCUT2D eigenvalue weighted by molar-refractivity contribution is 0.0755. The molecule has 2 aromatic rings. The average molecular weight is 339 g/mol. The molecule has 1 aromatic heterocycles. The summed E-state index contributed by atoms with van der Waals surface area (Å²) in [5, 5.41) is 9.71. The first kappa shape index (κ1) is 14.4. The van der Waals surface area contributed by atoms with Crippen LogP contribution in [0, 0.1) is 5.82 Å². The van der Waals surface area contributed by atoms with Gasteiger partial charge < -0.3 is 4.90 Å². The Morgan fingerprint density at radius 1 is 1.55 bits per heavy atom. The van der Waals surface area contributed by atoms with E-state index in [-0.39, 0.29) is 30.5 Å². The van der Waals surface area contributed by atoms with Gasteiger partial charge in [0.25, 0.3) is 5.91 Å². The number of rotatable bonds is 5. The maximum Gasteiger partial charge on any atom is 0.276 e. The van der Waals surface area contributed by atoms with E-state index in [4.69, 9.17) is 0 Å². The molecule has 20 heavy (non-hydrogen) atoms. The quantitative estimate of drug-likeness (QED) is 0.852. The van der Waals surface area contributed by atoms with Crippen LogP contribution >= 0.6 is 15.9 Å². The van der Waals surface area contributed by atoms with Gasteiger partial charge in [-0.25, -0.2) is 4.39 Å². The minimum atomic E-state index is -0.366. The SMILES string of the molecule is C=CCN(Cc1cc(Br)ccc1F)C(=O)c1cn[nH]n1. The van der Waals surface area contributed by atoms with E-state index in [9.17, 15) is 9.18 Å². The van der Waals surface area contributed by atoms with E-state index in [2.05, 4.69) is 37.9 Å². The highest BCUT2D eigenvalue weighted by molar-refractivity contribution is 9.10. The lowest BCUT2D eigenvalue weighted by Gasteiger charge is -2.20. The van der Waals surface area contributed by atoms with Crippen molar-refractivity contribution < 1.29 is 9.18 Å². The summed E-state index contributed by atoms with van der Waals surface area (Å²) in [5.74, 6) is -0.701. The van der Waals surface area contributed by atoms with Crippen LogP contribution < -0.4 is 0 Å². The van der Waals surface area contributed by atoms with E-state index in [0.29, 0.717) is 5.56 Å². The van der Waals surface area contributed by atoms with Crippen LogP contribution in [0.25, 0.3) is 0 Å². The van der Waals surface area contributed by atoms with E-state index in [1.54, 1.807) is 18.2 Å². The smallest absolute Gasteiger partial charge is 0.276 e. The Morgan fingerprint density at radius 2 is 2.35 bits per heavy atom. The molecule has 0 spiro atoms. The van der Waals surface area contributed by atoms with Crippen LogP contribution in [0.15, 0.2) is 41.5 Å². The molecule has 1 heterocycles. The van der Waals surface area contributed by atoms with Crippen LogP contribution in [0.5, 0.6) is 0 Å². The minimum Gasteiger partial charge on any atom is -0.329 e.